The minimum Gasteiger partial charge on any atom is -0.354 e. The van der Waals surface area contributed by atoms with Crippen molar-refractivity contribution in [3.8, 4) is 0 Å². The average molecular weight is 206 g/mol. The summed E-state index contributed by atoms with van der Waals surface area (Å²) in [5.41, 5.74) is 5.89. The number of benzene rings is 1. The summed E-state index contributed by atoms with van der Waals surface area (Å²) in [6, 6.07) is 9.40. The van der Waals surface area contributed by atoms with E-state index in [1.54, 1.807) is 6.92 Å². The number of carbonyl (C=O) groups is 1. The lowest BCUT2D eigenvalue weighted by Gasteiger charge is -2.23. The smallest absolute Gasteiger partial charge is 0.244 e. The molecule has 1 rings (SSSR count). The van der Waals surface area contributed by atoms with Crippen molar-refractivity contribution in [1.82, 2.24) is 5.32 Å². The molecule has 0 saturated carbocycles. The summed E-state index contributed by atoms with van der Waals surface area (Å²) < 4.78 is 0. The molecular formula is C12H18N2O. The molecule has 0 bridgehead atoms. The predicted octanol–water partition coefficient (Wildman–Crippen LogP) is 1.39. The normalized spacial score (nSPS) is 14.3. The Bertz CT molecular complexity index is 320. The van der Waals surface area contributed by atoms with Crippen LogP contribution in [0, 0.1) is 0 Å². The van der Waals surface area contributed by atoms with Crippen LogP contribution in [0.15, 0.2) is 30.3 Å². The molecule has 0 aliphatic carbocycles. The molecule has 0 spiro atoms. The van der Waals surface area contributed by atoms with E-state index in [0.29, 0.717) is 6.54 Å². The summed E-state index contributed by atoms with van der Waals surface area (Å²) in [5.74, 6) is -0.129. The van der Waals surface area contributed by atoms with Crippen LogP contribution in [-0.4, -0.2) is 12.5 Å². The SMILES string of the molecule is CCCNC(=O)C(C)(N)c1ccccc1. The summed E-state index contributed by atoms with van der Waals surface area (Å²) in [6.45, 7) is 4.41. The van der Waals surface area contributed by atoms with E-state index in [2.05, 4.69) is 5.32 Å². The third kappa shape index (κ3) is 2.80. The Morgan fingerprint density at radius 3 is 2.53 bits per heavy atom. The third-order valence-electron chi connectivity index (χ3n) is 2.38. The summed E-state index contributed by atoms with van der Waals surface area (Å²) in [5, 5.41) is 2.81. The molecule has 1 atom stereocenters. The molecule has 1 unspecified atom stereocenters. The van der Waals surface area contributed by atoms with E-state index in [4.69, 9.17) is 5.73 Å². The quantitative estimate of drug-likeness (QED) is 0.782. The van der Waals surface area contributed by atoms with Crippen LogP contribution in [0.5, 0.6) is 0 Å². The average Bonchev–Trinajstić information content (AvgIpc) is 2.27. The van der Waals surface area contributed by atoms with Crippen LogP contribution >= 0.6 is 0 Å². The predicted molar refractivity (Wildman–Crippen MR) is 61.3 cm³/mol. The fourth-order valence-corrected chi connectivity index (χ4v) is 1.34. The number of amides is 1. The highest BCUT2D eigenvalue weighted by molar-refractivity contribution is 5.86. The number of carbonyl (C=O) groups excluding carboxylic acids is 1. The van der Waals surface area contributed by atoms with Crippen LogP contribution < -0.4 is 11.1 Å². The number of nitrogens with two attached hydrogens (primary N) is 1. The van der Waals surface area contributed by atoms with Gasteiger partial charge in [-0.2, -0.15) is 0 Å². The van der Waals surface area contributed by atoms with Crippen molar-refractivity contribution in [3.05, 3.63) is 35.9 Å². The molecule has 3 N–H and O–H groups in total. The maximum Gasteiger partial charge on any atom is 0.244 e. The first-order valence-electron chi connectivity index (χ1n) is 5.21. The molecule has 82 valence electrons. The van der Waals surface area contributed by atoms with Gasteiger partial charge in [0, 0.05) is 6.54 Å². The van der Waals surface area contributed by atoms with E-state index in [9.17, 15) is 4.79 Å². The Hall–Kier alpha value is -1.35. The van der Waals surface area contributed by atoms with Gasteiger partial charge < -0.3 is 11.1 Å². The van der Waals surface area contributed by atoms with Crippen LogP contribution in [0.1, 0.15) is 25.8 Å². The van der Waals surface area contributed by atoms with E-state index in [0.717, 1.165) is 12.0 Å². The Labute approximate surface area is 90.7 Å². The van der Waals surface area contributed by atoms with Gasteiger partial charge in [-0.3, -0.25) is 4.79 Å². The number of rotatable bonds is 4. The van der Waals surface area contributed by atoms with Gasteiger partial charge in [0.05, 0.1) is 0 Å². The molecule has 3 heteroatoms. The molecule has 15 heavy (non-hydrogen) atoms. The van der Waals surface area contributed by atoms with Crippen molar-refractivity contribution >= 4 is 5.91 Å². The van der Waals surface area contributed by atoms with Gasteiger partial charge in [0.15, 0.2) is 0 Å². The standard InChI is InChI=1S/C12H18N2O/c1-3-9-14-11(15)12(2,13)10-7-5-4-6-8-10/h4-8H,3,9,13H2,1-2H3,(H,14,15). The van der Waals surface area contributed by atoms with Gasteiger partial charge in [0.1, 0.15) is 5.54 Å². The van der Waals surface area contributed by atoms with E-state index in [-0.39, 0.29) is 5.91 Å². The summed E-state index contributed by atoms with van der Waals surface area (Å²) in [4.78, 5) is 11.8. The first-order valence-corrected chi connectivity index (χ1v) is 5.21. The van der Waals surface area contributed by atoms with Crippen molar-refractivity contribution in [2.45, 2.75) is 25.8 Å². The maximum atomic E-state index is 11.8. The highest BCUT2D eigenvalue weighted by atomic mass is 16.2. The molecular weight excluding hydrogens is 188 g/mol. The first kappa shape index (κ1) is 11.7. The minimum atomic E-state index is -0.948. The van der Waals surface area contributed by atoms with Crippen molar-refractivity contribution in [3.63, 3.8) is 0 Å². The van der Waals surface area contributed by atoms with Gasteiger partial charge >= 0.3 is 0 Å². The molecule has 0 aliphatic heterocycles. The van der Waals surface area contributed by atoms with Crippen LogP contribution in [0.3, 0.4) is 0 Å². The second-order valence-electron chi connectivity index (χ2n) is 3.82. The Kier molecular flexibility index (Phi) is 3.86. The molecule has 1 aromatic rings. The van der Waals surface area contributed by atoms with Crippen molar-refractivity contribution in [2.75, 3.05) is 6.54 Å². The van der Waals surface area contributed by atoms with Crippen LogP contribution in [0.4, 0.5) is 0 Å². The molecule has 1 amide bonds. The van der Waals surface area contributed by atoms with E-state index in [1.165, 1.54) is 0 Å². The Morgan fingerprint density at radius 1 is 1.40 bits per heavy atom. The van der Waals surface area contributed by atoms with Crippen LogP contribution in [0.2, 0.25) is 0 Å². The third-order valence-corrected chi connectivity index (χ3v) is 2.38. The number of hydrogen-bond donors (Lipinski definition) is 2. The van der Waals surface area contributed by atoms with E-state index < -0.39 is 5.54 Å². The molecule has 1 aromatic carbocycles. The largest absolute Gasteiger partial charge is 0.354 e. The van der Waals surface area contributed by atoms with Crippen molar-refractivity contribution < 1.29 is 4.79 Å². The van der Waals surface area contributed by atoms with Gasteiger partial charge in [-0.05, 0) is 18.9 Å². The van der Waals surface area contributed by atoms with Crippen molar-refractivity contribution in [2.24, 2.45) is 5.73 Å². The zero-order valence-corrected chi connectivity index (χ0v) is 9.29. The highest BCUT2D eigenvalue weighted by Crippen LogP contribution is 2.17. The van der Waals surface area contributed by atoms with Gasteiger partial charge in [0.2, 0.25) is 5.91 Å². The fraction of sp³-hybridized carbons (Fsp3) is 0.417. The molecule has 0 radical (unpaired) electrons. The molecule has 3 nitrogen and oxygen atoms in total. The van der Waals surface area contributed by atoms with E-state index >= 15 is 0 Å². The lowest BCUT2D eigenvalue weighted by atomic mass is 9.92. The maximum absolute atomic E-state index is 11.8. The zero-order valence-electron chi connectivity index (χ0n) is 9.29. The molecule has 0 aliphatic rings. The van der Waals surface area contributed by atoms with E-state index in [1.807, 2.05) is 37.3 Å². The molecule has 0 heterocycles. The second-order valence-corrected chi connectivity index (χ2v) is 3.82. The zero-order chi connectivity index (χ0) is 11.3. The highest BCUT2D eigenvalue weighted by Gasteiger charge is 2.29. The number of nitrogens with one attached hydrogen (secondary N) is 1. The molecule has 0 saturated heterocycles. The van der Waals surface area contributed by atoms with Gasteiger partial charge in [-0.1, -0.05) is 37.3 Å². The monoisotopic (exact) mass is 206 g/mol. The summed E-state index contributed by atoms with van der Waals surface area (Å²) >= 11 is 0. The Morgan fingerprint density at radius 2 is 2.00 bits per heavy atom. The molecule has 0 aromatic heterocycles. The topological polar surface area (TPSA) is 55.1 Å². The van der Waals surface area contributed by atoms with Crippen LogP contribution in [-0.2, 0) is 10.3 Å². The summed E-state index contributed by atoms with van der Waals surface area (Å²) in [7, 11) is 0. The summed E-state index contributed by atoms with van der Waals surface area (Å²) in [6.07, 6.45) is 0.913. The molecule has 0 fully saturated rings. The Balaban J connectivity index is 2.78. The van der Waals surface area contributed by atoms with Gasteiger partial charge in [0.25, 0.3) is 0 Å². The fourth-order valence-electron chi connectivity index (χ4n) is 1.34. The van der Waals surface area contributed by atoms with Crippen molar-refractivity contribution in [1.29, 1.82) is 0 Å². The lowest BCUT2D eigenvalue weighted by molar-refractivity contribution is -0.126. The van der Waals surface area contributed by atoms with Gasteiger partial charge in [-0.25, -0.2) is 0 Å². The minimum absolute atomic E-state index is 0.129. The lowest BCUT2D eigenvalue weighted by Crippen LogP contribution is -2.49. The van der Waals surface area contributed by atoms with Gasteiger partial charge in [-0.15, -0.1) is 0 Å². The first-order chi connectivity index (χ1) is 7.09. The second kappa shape index (κ2) is 4.94. The number of hydrogen-bond acceptors (Lipinski definition) is 2. The van der Waals surface area contributed by atoms with Crippen LogP contribution in [0.25, 0.3) is 0 Å².